The molecule has 3 atom stereocenters. The number of hydrogen-bond donors (Lipinski definition) is 0. The maximum Gasteiger partial charge on any atom is 0.417 e. The molecule has 0 aliphatic carbocycles. The first-order chi connectivity index (χ1) is 19.3. The number of imide groups is 1. The predicted molar refractivity (Wildman–Crippen MR) is 149 cm³/mol. The average Bonchev–Trinajstić information content (AvgIpc) is 3.25. The molecule has 0 saturated carbocycles. The molecular weight excluding hydrogens is 510 g/mol. The fraction of sp³-hybridized carbons (Fsp3) is 0.281. The summed E-state index contributed by atoms with van der Waals surface area (Å²) < 4.78 is 23.4. The molecule has 1 aliphatic heterocycles. The molecule has 5 rings (SSSR count). The minimum atomic E-state index is -0.680. The topological polar surface area (TPSA) is 95.3 Å². The van der Waals surface area contributed by atoms with Crippen molar-refractivity contribution in [2.45, 2.75) is 45.9 Å². The fourth-order valence-electron chi connectivity index (χ4n) is 5.17. The van der Waals surface area contributed by atoms with Crippen molar-refractivity contribution < 1.29 is 28.2 Å². The molecule has 0 N–H and O–H groups in total. The molecule has 4 aromatic rings. The van der Waals surface area contributed by atoms with Crippen LogP contribution in [0, 0.1) is 12.8 Å². The highest BCUT2D eigenvalue weighted by Gasteiger charge is 2.44. The molecule has 0 radical (unpaired) electrons. The van der Waals surface area contributed by atoms with Crippen LogP contribution in [0.2, 0.25) is 0 Å². The lowest BCUT2D eigenvalue weighted by Crippen LogP contribution is -2.41. The van der Waals surface area contributed by atoms with E-state index >= 15 is 0 Å². The van der Waals surface area contributed by atoms with Gasteiger partial charge in [0.25, 0.3) is 0 Å². The second-order valence-electron chi connectivity index (χ2n) is 10.0. The van der Waals surface area contributed by atoms with Crippen LogP contribution in [0.25, 0.3) is 11.0 Å². The van der Waals surface area contributed by atoms with Crippen LogP contribution in [0.1, 0.15) is 42.4 Å². The Kier molecular flexibility index (Phi) is 7.60. The minimum absolute atomic E-state index is 0.155. The van der Waals surface area contributed by atoms with E-state index in [4.69, 9.17) is 18.6 Å². The van der Waals surface area contributed by atoms with Gasteiger partial charge < -0.3 is 18.6 Å². The lowest BCUT2D eigenvalue weighted by Gasteiger charge is -2.24. The Hall–Kier alpha value is -4.59. The number of benzene rings is 3. The molecule has 8 heteroatoms. The Morgan fingerprint density at radius 3 is 2.38 bits per heavy atom. The van der Waals surface area contributed by atoms with E-state index < -0.39 is 24.2 Å². The van der Waals surface area contributed by atoms with Crippen molar-refractivity contribution >= 4 is 23.0 Å². The van der Waals surface area contributed by atoms with Crippen LogP contribution in [0.5, 0.6) is 11.5 Å². The second-order valence-corrected chi connectivity index (χ2v) is 10.0. The number of rotatable bonds is 8. The van der Waals surface area contributed by atoms with Crippen molar-refractivity contribution in [3.8, 4) is 11.5 Å². The van der Waals surface area contributed by atoms with Crippen LogP contribution in [0.3, 0.4) is 0 Å². The van der Waals surface area contributed by atoms with Crippen LogP contribution in [-0.2, 0) is 22.6 Å². The summed E-state index contributed by atoms with van der Waals surface area (Å²) in [5.41, 5.74) is 2.34. The standard InChI is InChI=1S/C32H31NO7/c1-19(31(35)33-21(3)29(40-32(33)36)23-13-9-6-10-14-23)15-24-26(37-4)17-27-28(25(34)16-20(2)39-27)30(24)38-18-22-11-7-5-8-12-22/h5-14,16-17,19,21,29H,15,18H2,1-4H3/t19-,21+,29+/m0/s1. The van der Waals surface area contributed by atoms with Crippen molar-refractivity contribution in [1.82, 2.24) is 4.90 Å². The average molecular weight is 542 g/mol. The van der Waals surface area contributed by atoms with E-state index in [1.807, 2.05) is 60.7 Å². The molecule has 2 amide bonds. The summed E-state index contributed by atoms with van der Waals surface area (Å²) in [6.07, 6.45) is -1.08. The second kappa shape index (κ2) is 11.3. The van der Waals surface area contributed by atoms with Crippen LogP contribution in [0.15, 0.2) is 82.0 Å². The normalized spacial score (nSPS) is 17.5. The highest BCUT2D eigenvalue weighted by Crippen LogP contribution is 2.39. The number of methoxy groups -OCH3 is 1. The summed E-state index contributed by atoms with van der Waals surface area (Å²) in [4.78, 5) is 40.9. The molecule has 0 bridgehead atoms. The molecule has 1 aromatic heterocycles. The molecule has 0 unspecified atom stereocenters. The summed E-state index contributed by atoms with van der Waals surface area (Å²) in [5, 5.41) is 0.273. The van der Waals surface area contributed by atoms with Gasteiger partial charge in [-0.1, -0.05) is 67.6 Å². The lowest BCUT2D eigenvalue weighted by molar-refractivity contribution is -0.132. The summed E-state index contributed by atoms with van der Waals surface area (Å²) in [6, 6.07) is 21.5. The SMILES string of the molecule is COc1cc2oc(C)cc(=O)c2c(OCc2ccccc2)c1C[C@H](C)C(=O)N1C(=O)O[C@@H](c2ccccc2)[C@H]1C. The maximum atomic E-state index is 13.7. The highest BCUT2D eigenvalue weighted by molar-refractivity contribution is 5.95. The summed E-state index contributed by atoms with van der Waals surface area (Å²) >= 11 is 0. The Labute approximate surface area is 232 Å². The molecule has 1 aliphatic rings. The number of carbonyl (C=O) groups is 2. The van der Waals surface area contributed by atoms with Gasteiger partial charge in [0, 0.05) is 23.6 Å². The molecule has 40 heavy (non-hydrogen) atoms. The van der Waals surface area contributed by atoms with E-state index in [1.165, 1.54) is 18.1 Å². The van der Waals surface area contributed by atoms with Crippen LogP contribution < -0.4 is 14.9 Å². The number of hydrogen-bond acceptors (Lipinski definition) is 7. The third kappa shape index (κ3) is 5.17. The van der Waals surface area contributed by atoms with Gasteiger partial charge in [0.15, 0.2) is 5.43 Å². The van der Waals surface area contributed by atoms with Gasteiger partial charge >= 0.3 is 6.09 Å². The summed E-state index contributed by atoms with van der Waals surface area (Å²) in [5.74, 6) is 0.129. The van der Waals surface area contributed by atoms with Gasteiger partial charge in [-0.3, -0.25) is 9.59 Å². The first-order valence-corrected chi connectivity index (χ1v) is 13.2. The number of nitrogens with zero attached hydrogens (tertiary/aromatic N) is 1. The quantitative estimate of drug-likeness (QED) is 0.271. The van der Waals surface area contributed by atoms with E-state index in [0.717, 1.165) is 11.1 Å². The van der Waals surface area contributed by atoms with E-state index in [-0.39, 0.29) is 29.7 Å². The number of ether oxygens (including phenoxy) is 3. The summed E-state index contributed by atoms with van der Waals surface area (Å²) in [6.45, 7) is 5.43. The molecular formula is C32H31NO7. The van der Waals surface area contributed by atoms with E-state index in [9.17, 15) is 14.4 Å². The van der Waals surface area contributed by atoms with Gasteiger partial charge in [-0.15, -0.1) is 0 Å². The Morgan fingerprint density at radius 2 is 1.70 bits per heavy atom. The van der Waals surface area contributed by atoms with Gasteiger partial charge in [-0.2, -0.15) is 0 Å². The van der Waals surface area contributed by atoms with Crippen LogP contribution in [0.4, 0.5) is 4.79 Å². The minimum Gasteiger partial charge on any atom is -0.496 e. The smallest absolute Gasteiger partial charge is 0.417 e. The summed E-state index contributed by atoms with van der Waals surface area (Å²) in [7, 11) is 1.51. The van der Waals surface area contributed by atoms with Gasteiger partial charge in [0.2, 0.25) is 5.91 Å². The number of aryl methyl sites for hydroxylation is 1. The largest absolute Gasteiger partial charge is 0.496 e. The van der Waals surface area contributed by atoms with Gasteiger partial charge in [0.1, 0.15) is 40.9 Å². The number of carbonyl (C=O) groups excluding carboxylic acids is 2. The molecule has 1 saturated heterocycles. The maximum absolute atomic E-state index is 13.7. The molecule has 206 valence electrons. The molecule has 8 nitrogen and oxygen atoms in total. The first-order valence-electron chi connectivity index (χ1n) is 13.2. The fourth-order valence-corrected chi connectivity index (χ4v) is 5.17. The van der Waals surface area contributed by atoms with Crippen molar-refractivity contribution in [2.24, 2.45) is 5.92 Å². The van der Waals surface area contributed by atoms with Crippen molar-refractivity contribution in [3.05, 3.63) is 105 Å². The van der Waals surface area contributed by atoms with Crippen molar-refractivity contribution in [1.29, 1.82) is 0 Å². The zero-order valence-corrected chi connectivity index (χ0v) is 22.9. The Bertz CT molecular complexity index is 1600. The lowest BCUT2D eigenvalue weighted by atomic mass is 9.95. The molecule has 1 fully saturated rings. The molecule has 3 aromatic carbocycles. The molecule has 2 heterocycles. The number of fused-ring (bicyclic) bond motifs is 1. The third-order valence-electron chi connectivity index (χ3n) is 7.17. The van der Waals surface area contributed by atoms with Crippen molar-refractivity contribution in [2.75, 3.05) is 7.11 Å². The van der Waals surface area contributed by atoms with Crippen molar-refractivity contribution in [3.63, 3.8) is 0 Å². The van der Waals surface area contributed by atoms with E-state index in [2.05, 4.69) is 0 Å². The highest BCUT2D eigenvalue weighted by atomic mass is 16.6. The van der Waals surface area contributed by atoms with Gasteiger partial charge in [-0.05, 0) is 31.4 Å². The number of amides is 2. The van der Waals surface area contributed by atoms with Gasteiger partial charge in [-0.25, -0.2) is 9.69 Å². The first kappa shape index (κ1) is 27.0. The van der Waals surface area contributed by atoms with Crippen LogP contribution in [-0.4, -0.2) is 30.1 Å². The zero-order valence-electron chi connectivity index (χ0n) is 22.9. The monoisotopic (exact) mass is 541 g/mol. The van der Waals surface area contributed by atoms with Gasteiger partial charge in [0.05, 0.1) is 13.2 Å². The number of cyclic esters (lactones) is 1. The molecule has 0 spiro atoms. The third-order valence-corrected chi connectivity index (χ3v) is 7.17. The zero-order chi connectivity index (χ0) is 28.4. The van der Waals surface area contributed by atoms with E-state index in [1.54, 1.807) is 26.8 Å². The van der Waals surface area contributed by atoms with E-state index in [0.29, 0.717) is 28.4 Å². The predicted octanol–water partition coefficient (Wildman–Crippen LogP) is 5.98. The van der Waals surface area contributed by atoms with Crippen LogP contribution >= 0.6 is 0 Å². The Morgan fingerprint density at radius 1 is 1.02 bits per heavy atom. The Balaban J connectivity index is 1.50.